The van der Waals surface area contributed by atoms with E-state index in [4.69, 9.17) is 0 Å². The smallest absolute Gasteiger partial charge is 0.282 e. The summed E-state index contributed by atoms with van der Waals surface area (Å²) < 4.78 is 13.2. The van der Waals surface area contributed by atoms with Gasteiger partial charge in [-0.3, -0.25) is 14.4 Å². The summed E-state index contributed by atoms with van der Waals surface area (Å²) in [5, 5.41) is 7.44. The molecule has 4 rings (SSSR count). The zero-order chi connectivity index (χ0) is 21.3. The third-order valence-corrected chi connectivity index (χ3v) is 5.30. The molecule has 0 bridgehead atoms. The molecule has 8 heteroatoms. The molecule has 150 valence electrons. The topological polar surface area (TPSA) is 78.5 Å². The number of anilines is 3. The van der Waals surface area contributed by atoms with Crippen molar-refractivity contribution >= 4 is 51.7 Å². The molecule has 30 heavy (non-hydrogen) atoms. The van der Waals surface area contributed by atoms with Crippen LogP contribution in [0, 0.1) is 5.82 Å². The molecule has 1 aliphatic heterocycles. The van der Waals surface area contributed by atoms with E-state index in [0.717, 1.165) is 4.90 Å². The van der Waals surface area contributed by atoms with Gasteiger partial charge < -0.3 is 10.6 Å². The van der Waals surface area contributed by atoms with E-state index in [-0.39, 0.29) is 17.2 Å². The second kappa shape index (κ2) is 7.92. The summed E-state index contributed by atoms with van der Waals surface area (Å²) in [6.07, 6.45) is 0. The number of benzene rings is 2. The van der Waals surface area contributed by atoms with Crippen LogP contribution in [0.5, 0.6) is 0 Å². The van der Waals surface area contributed by atoms with Crippen molar-refractivity contribution in [2.24, 2.45) is 0 Å². The summed E-state index contributed by atoms with van der Waals surface area (Å²) in [5.74, 6) is -1.59. The van der Waals surface area contributed by atoms with Crippen LogP contribution >= 0.6 is 11.3 Å². The van der Waals surface area contributed by atoms with Gasteiger partial charge in [0.15, 0.2) is 0 Å². The number of imide groups is 1. The molecule has 3 amide bonds. The SMILES string of the molecule is CC(=O)Nc1ccc(N2C(=O)C(Nc3ccc(F)cc3)=C(c3cccs3)C2=O)cc1. The third kappa shape index (κ3) is 3.72. The van der Waals surface area contributed by atoms with Gasteiger partial charge in [0.2, 0.25) is 5.91 Å². The monoisotopic (exact) mass is 421 g/mol. The molecule has 0 atom stereocenters. The lowest BCUT2D eigenvalue weighted by Gasteiger charge is -2.16. The van der Waals surface area contributed by atoms with Crippen LogP contribution in [0.3, 0.4) is 0 Å². The number of nitrogens with zero attached hydrogens (tertiary/aromatic N) is 1. The van der Waals surface area contributed by atoms with Crippen molar-refractivity contribution in [3.8, 4) is 0 Å². The van der Waals surface area contributed by atoms with E-state index in [2.05, 4.69) is 10.6 Å². The Labute approximate surface area is 175 Å². The Balaban J connectivity index is 1.71. The zero-order valence-electron chi connectivity index (χ0n) is 15.8. The van der Waals surface area contributed by atoms with Gasteiger partial charge in [-0.1, -0.05) is 6.07 Å². The molecular formula is C22H16FN3O3S. The standard InChI is InChI=1S/C22H16FN3O3S/c1-13(27)24-15-8-10-17(11-9-15)26-21(28)19(18-3-2-12-30-18)20(22(26)29)25-16-6-4-14(23)5-7-16/h2-12,25H,1H3,(H,24,27). The molecule has 2 heterocycles. The lowest BCUT2D eigenvalue weighted by atomic mass is 10.2. The van der Waals surface area contributed by atoms with E-state index in [1.807, 2.05) is 5.38 Å². The second-order valence-corrected chi connectivity index (χ2v) is 7.48. The van der Waals surface area contributed by atoms with Gasteiger partial charge >= 0.3 is 0 Å². The van der Waals surface area contributed by atoms with Crippen molar-refractivity contribution in [2.45, 2.75) is 6.92 Å². The molecule has 1 aliphatic rings. The highest BCUT2D eigenvalue weighted by atomic mass is 32.1. The number of amides is 3. The van der Waals surface area contributed by atoms with Crippen LogP contribution in [0.1, 0.15) is 11.8 Å². The van der Waals surface area contributed by atoms with Gasteiger partial charge in [-0.05, 0) is 60.0 Å². The Bertz CT molecular complexity index is 1150. The van der Waals surface area contributed by atoms with Gasteiger partial charge in [0.1, 0.15) is 11.5 Å². The minimum absolute atomic E-state index is 0.125. The summed E-state index contributed by atoms with van der Waals surface area (Å²) >= 11 is 1.34. The predicted molar refractivity (Wildman–Crippen MR) is 115 cm³/mol. The highest BCUT2D eigenvalue weighted by Crippen LogP contribution is 2.35. The number of rotatable bonds is 5. The summed E-state index contributed by atoms with van der Waals surface area (Å²) in [5.41, 5.74) is 1.81. The van der Waals surface area contributed by atoms with Gasteiger partial charge in [0.25, 0.3) is 11.8 Å². The molecular weight excluding hydrogens is 405 g/mol. The first kappa shape index (κ1) is 19.5. The number of thiophene rings is 1. The summed E-state index contributed by atoms with van der Waals surface area (Å²) in [4.78, 5) is 39.4. The summed E-state index contributed by atoms with van der Waals surface area (Å²) in [6, 6.07) is 15.5. The highest BCUT2D eigenvalue weighted by Gasteiger charge is 2.40. The Morgan fingerprint density at radius 1 is 0.933 bits per heavy atom. The lowest BCUT2D eigenvalue weighted by Crippen LogP contribution is -2.32. The largest absolute Gasteiger partial charge is 0.350 e. The average molecular weight is 421 g/mol. The number of hydrogen-bond donors (Lipinski definition) is 2. The van der Waals surface area contributed by atoms with E-state index >= 15 is 0 Å². The first-order valence-electron chi connectivity index (χ1n) is 9.01. The molecule has 0 unspecified atom stereocenters. The quantitative estimate of drug-likeness (QED) is 0.604. The van der Waals surface area contributed by atoms with Gasteiger partial charge in [0, 0.05) is 23.2 Å². The van der Waals surface area contributed by atoms with Crippen molar-refractivity contribution in [1.29, 1.82) is 0 Å². The van der Waals surface area contributed by atoms with Gasteiger partial charge in [-0.2, -0.15) is 0 Å². The van der Waals surface area contributed by atoms with Crippen LogP contribution in [0.15, 0.2) is 71.7 Å². The molecule has 1 aromatic heterocycles. The third-order valence-electron chi connectivity index (χ3n) is 4.41. The molecule has 0 spiro atoms. The van der Waals surface area contributed by atoms with Gasteiger partial charge in [0.05, 0.1) is 11.3 Å². The van der Waals surface area contributed by atoms with E-state index in [9.17, 15) is 18.8 Å². The highest BCUT2D eigenvalue weighted by molar-refractivity contribution is 7.11. The Kier molecular flexibility index (Phi) is 5.16. The maximum atomic E-state index is 13.2. The van der Waals surface area contributed by atoms with Crippen LogP contribution in [-0.2, 0) is 14.4 Å². The number of halogens is 1. The van der Waals surface area contributed by atoms with Crippen LogP contribution < -0.4 is 15.5 Å². The molecule has 0 saturated carbocycles. The van der Waals surface area contributed by atoms with Crippen molar-refractivity contribution in [2.75, 3.05) is 15.5 Å². The van der Waals surface area contributed by atoms with Gasteiger partial charge in [-0.25, -0.2) is 9.29 Å². The fourth-order valence-corrected chi connectivity index (χ4v) is 3.87. The van der Waals surface area contributed by atoms with Crippen molar-refractivity contribution in [3.63, 3.8) is 0 Å². The summed E-state index contributed by atoms with van der Waals surface area (Å²) in [7, 11) is 0. The summed E-state index contributed by atoms with van der Waals surface area (Å²) in [6.45, 7) is 1.39. The first-order chi connectivity index (χ1) is 14.4. The number of hydrogen-bond acceptors (Lipinski definition) is 5. The van der Waals surface area contributed by atoms with Crippen molar-refractivity contribution in [3.05, 3.63) is 82.4 Å². The lowest BCUT2D eigenvalue weighted by molar-refractivity contribution is -0.120. The van der Waals surface area contributed by atoms with E-state index < -0.39 is 17.6 Å². The van der Waals surface area contributed by atoms with Crippen LogP contribution in [0.2, 0.25) is 0 Å². The van der Waals surface area contributed by atoms with Crippen LogP contribution in [-0.4, -0.2) is 17.7 Å². The fraction of sp³-hybridized carbons (Fsp3) is 0.0455. The molecule has 0 radical (unpaired) electrons. The van der Waals surface area contributed by atoms with E-state index in [0.29, 0.717) is 21.9 Å². The maximum absolute atomic E-state index is 13.2. The Morgan fingerprint density at radius 2 is 1.60 bits per heavy atom. The first-order valence-corrected chi connectivity index (χ1v) is 9.89. The number of carbonyl (C=O) groups excluding carboxylic acids is 3. The van der Waals surface area contributed by atoms with Gasteiger partial charge in [-0.15, -0.1) is 11.3 Å². The van der Waals surface area contributed by atoms with Crippen LogP contribution in [0.25, 0.3) is 5.57 Å². The van der Waals surface area contributed by atoms with Crippen LogP contribution in [0.4, 0.5) is 21.5 Å². The minimum Gasteiger partial charge on any atom is -0.350 e. The molecule has 6 nitrogen and oxygen atoms in total. The normalized spacial score (nSPS) is 13.7. The molecule has 2 N–H and O–H groups in total. The average Bonchev–Trinajstić information content (AvgIpc) is 3.31. The second-order valence-electron chi connectivity index (χ2n) is 6.53. The molecule has 2 aromatic carbocycles. The van der Waals surface area contributed by atoms with Crippen molar-refractivity contribution in [1.82, 2.24) is 0 Å². The molecule has 0 aliphatic carbocycles. The van der Waals surface area contributed by atoms with E-state index in [1.54, 1.807) is 36.4 Å². The Hall–Kier alpha value is -3.78. The predicted octanol–water partition coefficient (Wildman–Crippen LogP) is 4.24. The number of carbonyl (C=O) groups is 3. The zero-order valence-corrected chi connectivity index (χ0v) is 16.6. The maximum Gasteiger partial charge on any atom is 0.282 e. The molecule has 3 aromatic rings. The minimum atomic E-state index is -0.514. The van der Waals surface area contributed by atoms with E-state index in [1.165, 1.54) is 42.5 Å². The molecule has 0 saturated heterocycles. The van der Waals surface area contributed by atoms with Crippen molar-refractivity contribution < 1.29 is 18.8 Å². The molecule has 0 fully saturated rings. The Morgan fingerprint density at radius 3 is 2.20 bits per heavy atom. The number of nitrogens with one attached hydrogen (secondary N) is 2. The fourth-order valence-electron chi connectivity index (χ4n) is 3.10.